The van der Waals surface area contributed by atoms with Crippen molar-refractivity contribution in [3.8, 4) is 0 Å². The van der Waals surface area contributed by atoms with Gasteiger partial charge in [-0.05, 0) is 38.3 Å². The number of anilines is 1. The van der Waals surface area contributed by atoms with Gasteiger partial charge in [-0.25, -0.2) is 0 Å². The van der Waals surface area contributed by atoms with Gasteiger partial charge in [0.15, 0.2) is 0 Å². The Morgan fingerprint density at radius 1 is 1.37 bits per heavy atom. The van der Waals surface area contributed by atoms with Crippen LogP contribution in [0, 0.1) is 6.92 Å². The van der Waals surface area contributed by atoms with Gasteiger partial charge in [0.05, 0.1) is 11.1 Å². The van der Waals surface area contributed by atoms with E-state index in [-0.39, 0.29) is 11.1 Å². The fourth-order valence-corrected chi connectivity index (χ4v) is 2.91. The van der Waals surface area contributed by atoms with Gasteiger partial charge in [-0.1, -0.05) is 25.1 Å². The summed E-state index contributed by atoms with van der Waals surface area (Å²) in [6.45, 7) is 7.92. The lowest BCUT2D eigenvalue weighted by molar-refractivity contribution is -0.0882. The molecular formula is C16H26N2O. The highest BCUT2D eigenvalue weighted by Crippen LogP contribution is 2.36. The zero-order valence-electron chi connectivity index (χ0n) is 12.3. The van der Waals surface area contributed by atoms with Gasteiger partial charge in [-0.15, -0.1) is 0 Å². The minimum Gasteiger partial charge on any atom is -0.378 e. The smallest absolute Gasteiger partial charge is 0.0674 e. The van der Waals surface area contributed by atoms with Crippen molar-refractivity contribution in [1.29, 1.82) is 0 Å². The van der Waals surface area contributed by atoms with Crippen LogP contribution < -0.4 is 11.1 Å². The summed E-state index contributed by atoms with van der Waals surface area (Å²) < 4.78 is 5.94. The maximum absolute atomic E-state index is 6.09. The van der Waals surface area contributed by atoms with E-state index in [2.05, 4.69) is 50.4 Å². The summed E-state index contributed by atoms with van der Waals surface area (Å²) in [6, 6.07) is 8.39. The summed E-state index contributed by atoms with van der Waals surface area (Å²) in [5.41, 5.74) is 8.44. The fourth-order valence-electron chi connectivity index (χ4n) is 2.91. The number of hydrogen-bond acceptors (Lipinski definition) is 3. The first kappa shape index (κ1) is 14.4. The minimum absolute atomic E-state index is 0.0465. The fraction of sp³-hybridized carbons (Fsp3) is 0.625. The number of para-hydroxylation sites is 1. The van der Waals surface area contributed by atoms with E-state index in [0.29, 0.717) is 6.54 Å². The van der Waals surface area contributed by atoms with Crippen LogP contribution in [-0.2, 0) is 4.74 Å². The largest absolute Gasteiger partial charge is 0.378 e. The predicted octanol–water partition coefficient (Wildman–Crippen LogP) is 3.08. The number of hydrogen-bond donors (Lipinski definition) is 2. The average molecular weight is 262 g/mol. The van der Waals surface area contributed by atoms with Crippen LogP contribution in [0.15, 0.2) is 24.3 Å². The van der Waals surface area contributed by atoms with Crippen molar-refractivity contribution in [2.45, 2.75) is 51.2 Å². The van der Waals surface area contributed by atoms with Crippen molar-refractivity contribution in [2.24, 2.45) is 5.73 Å². The van der Waals surface area contributed by atoms with Gasteiger partial charge in [0, 0.05) is 25.3 Å². The first-order chi connectivity index (χ1) is 9.02. The summed E-state index contributed by atoms with van der Waals surface area (Å²) in [5, 5.41) is 3.70. The van der Waals surface area contributed by atoms with Gasteiger partial charge >= 0.3 is 0 Å². The molecule has 1 aliphatic rings. The molecule has 0 aromatic heterocycles. The van der Waals surface area contributed by atoms with Crippen LogP contribution in [0.2, 0.25) is 0 Å². The molecule has 3 nitrogen and oxygen atoms in total. The highest BCUT2D eigenvalue weighted by atomic mass is 16.5. The second kappa shape index (κ2) is 5.51. The summed E-state index contributed by atoms with van der Waals surface area (Å²) in [6.07, 6.45) is 2.94. The van der Waals surface area contributed by atoms with Crippen LogP contribution in [0.25, 0.3) is 0 Å². The highest BCUT2D eigenvalue weighted by Gasteiger charge is 2.41. The first-order valence-corrected chi connectivity index (χ1v) is 7.20. The molecule has 0 saturated carbocycles. The molecule has 1 heterocycles. The molecule has 0 aliphatic carbocycles. The Hall–Kier alpha value is -1.06. The van der Waals surface area contributed by atoms with Gasteiger partial charge in [0.25, 0.3) is 0 Å². The number of ether oxygens (including phenoxy) is 1. The zero-order chi connectivity index (χ0) is 13.9. The maximum atomic E-state index is 6.09. The second-order valence-electron chi connectivity index (χ2n) is 6.00. The van der Waals surface area contributed by atoms with E-state index in [0.717, 1.165) is 25.9 Å². The Kier molecular flexibility index (Phi) is 4.16. The maximum Gasteiger partial charge on any atom is 0.0674 e. The standard InChI is InChI=1S/C16H26N2O/c1-4-15(3)11-16(12-17,9-10-19-15)18-14-8-6-5-7-13(14)2/h5-8,18H,4,9-12,17H2,1-3H3. The molecule has 1 saturated heterocycles. The van der Waals surface area contributed by atoms with Gasteiger partial charge in [0.1, 0.15) is 0 Å². The quantitative estimate of drug-likeness (QED) is 0.876. The van der Waals surface area contributed by atoms with Gasteiger partial charge in [-0.3, -0.25) is 0 Å². The molecule has 1 aromatic carbocycles. The van der Waals surface area contributed by atoms with E-state index in [9.17, 15) is 0 Å². The van der Waals surface area contributed by atoms with Crippen LogP contribution in [0.3, 0.4) is 0 Å². The van der Waals surface area contributed by atoms with Crippen molar-refractivity contribution in [3.05, 3.63) is 29.8 Å². The van der Waals surface area contributed by atoms with Crippen LogP contribution in [0.5, 0.6) is 0 Å². The number of nitrogens with two attached hydrogens (primary N) is 1. The second-order valence-corrected chi connectivity index (χ2v) is 6.00. The Bertz CT molecular complexity index is 435. The molecule has 0 amide bonds. The van der Waals surface area contributed by atoms with E-state index >= 15 is 0 Å². The Morgan fingerprint density at radius 2 is 2.11 bits per heavy atom. The monoisotopic (exact) mass is 262 g/mol. The average Bonchev–Trinajstić information content (AvgIpc) is 2.42. The molecule has 0 spiro atoms. The van der Waals surface area contributed by atoms with Crippen LogP contribution in [-0.4, -0.2) is 24.3 Å². The van der Waals surface area contributed by atoms with E-state index < -0.39 is 0 Å². The van der Waals surface area contributed by atoms with Crippen molar-refractivity contribution in [2.75, 3.05) is 18.5 Å². The molecule has 0 bridgehead atoms. The predicted molar refractivity (Wildman–Crippen MR) is 80.5 cm³/mol. The first-order valence-electron chi connectivity index (χ1n) is 7.20. The van der Waals surface area contributed by atoms with Crippen LogP contribution in [0.1, 0.15) is 38.7 Å². The summed E-state index contributed by atoms with van der Waals surface area (Å²) >= 11 is 0. The van der Waals surface area contributed by atoms with Gasteiger partial charge in [-0.2, -0.15) is 0 Å². The number of nitrogens with one attached hydrogen (secondary N) is 1. The lowest BCUT2D eigenvalue weighted by atomic mass is 9.79. The van der Waals surface area contributed by atoms with Crippen LogP contribution in [0.4, 0.5) is 5.69 Å². The number of rotatable bonds is 4. The number of benzene rings is 1. The van der Waals surface area contributed by atoms with Crippen molar-refractivity contribution >= 4 is 5.69 Å². The van der Waals surface area contributed by atoms with Gasteiger partial charge < -0.3 is 15.8 Å². The van der Waals surface area contributed by atoms with E-state index in [1.807, 2.05) is 0 Å². The molecule has 3 heteroatoms. The lowest BCUT2D eigenvalue weighted by Gasteiger charge is -2.46. The van der Waals surface area contributed by atoms with Crippen molar-refractivity contribution in [1.82, 2.24) is 0 Å². The highest BCUT2D eigenvalue weighted by molar-refractivity contribution is 5.52. The summed E-state index contributed by atoms with van der Waals surface area (Å²) in [4.78, 5) is 0. The normalized spacial score (nSPS) is 31.2. The van der Waals surface area contributed by atoms with E-state index in [4.69, 9.17) is 10.5 Å². The molecule has 3 N–H and O–H groups in total. The zero-order valence-corrected chi connectivity index (χ0v) is 12.3. The summed E-state index contributed by atoms with van der Waals surface area (Å²) in [7, 11) is 0. The Balaban J connectivity index is 2.21. The lowest BCUT2D eigenvalue weighted by Crippen LogP contribution is -2.55. The molecule has 1 fully saturated rings. The molecule has 106 valence electrons. The molecule has 2 atom stereocenters. The molecular weight excluding hydrogens is 236 g/mol. The van der Waals surface area contributed by atoms with E-state index in [1.54, 1.807) is 0 Å². The van der Waals surface area contributed by atoms with Gasteiger partial charge in [0.2, 0.25) is 0 Å². The Labute approximate surface area is 116 Å². The third-order valence-corrected chi connectivity index (χ3v) is 4.43. The van der Waals surface area contributed by atoms with Crippen molar-refractivity contribution < 1.29 is 4.74 Å². The summed E-state index contributed by atoms with van der Waals surface area (Å²) in [5.74, 6) is 0. The van der Waals surface area contributed by atoms with Crippen LogP contribution >= 0.6 is 0 Å². The topological polar surface area (TPSA) is 47.3 Å². The molecule has 2 rings (SSSR count). The third-order valence-electron chi connectivity index (χ3n) is 4.43. The number of aryl methyl sites for hydroxylation is 1. The SMILES string of the molecule is CCC1(C)CC(CN)(Nc2ccccc2C)CCO1. The molecule has 1 aromatic rings. The van der Waals surface area contributed by atoms with Crippen molar-refractivity contribution in [3.63, 3.8) is 0 Å². The molecule has 0 radical (unpaired) electrons. The van der Waals surface area contributed by atoms with E-state index in [1.165, 1.54) is 11.3 Å². The Morgan fingerprint density at radius 3 is 2.74 bits per heavy atom. The molecule has 1 aliphatic heterocycles. The third kappa shape index (κ3) is 3.10. The molecule has 19 heavy (non-hydrogen) atoms. The molecule has 2 unspecified atom stereocenters. The minimum atomic E-state index is -0.0622.